The molecule has 1 atom stereocenters. The quantitative estimate of drug-likeness (QED) is 0.778. The zero-order chi connectivity index (χ0) is 18.4. The first-order valence-corrected chi connectivity index (χ1v) is 8.85. The molecule has 0 bridgehead atoms. The number of carbonyl (C=O) groups is 1. The Balaban J connectivity index is 1.96. The van der Waals surface area contributed by atoms with Gasteiger partial charge in [-0.2, -0.15) is 24.9 Å². The van der Waals surface area contributed by atoms with E-state index in [1.807, 2.05) is 6.26 Å². The molecule has 25 heavy (non-hydrogen) atoms. The maximum absolute atomic E-state index is 12.7. The molecule has 2 rings (SSSR count). The van der Waals surface area contributed by atoms with Crippen LogP contribution in [0.5, 0.6) is 0 Å². The number of carbonyl (C=O) groups excluding carboxylic acids is 1. The van der Waals surface area contributed by atoms with E-state index in [9.17, 15) is 18.0 Å². The van der Waals surface area contributed by atoms with Crippen LogP contribution in [-0.2, 0) is 12.7 Å². The van der Waals surface area contributed by atoms with E-state index in [4.69, 9.17) is 10.2 Å². The fourth-order valence-electron chi connectivity index (χ4n) is 2.06. The van der Waals surface area contributed by atoms with E-state index < -0.39 is 23.7 Å². The van der Waals surface area contributed by atoms with Gasteiger partial charge in [0.15, 0.2) is 5.69 Å². The first-order valence-electron chi connectivity index (χ1n) is 7.45. The molecule has 0 aliphatic carbocycles. The third kappa shape index (κ3) is 5.50. The highest BCUT2D eigenvalue weighted by molar-refractivity contribution is 7.98. The van der Waals surface area contributed by atoms with Crippen molar-refractivity contribution in [3.63, 3.8) is 0 Å². The summed E-state index contributed by atoms with van der Waals surface area (Å²) < 4.78 is 43.2. The lowest BCUT2D eigenvalue weighted by molar-refractivity contribution is -0.137. The number of aromatic nitrogens is 1. The number of benzene rings is 1. The molecule has 1 amide bonds. The Morgan fingerprint density at radius 2 is 2.20 bits per heavy atom. The van der Waals surface area contributed by atoms with Crippen LogP contribution >= 0.6 is 11.8 Å². The first kappa shape index (κ1) is 19.3. The minimum absolute atomic E-state index is 0.0431. The predicted octanol–water partition coefficient (Wildman–Crippen LogP) is 3.38. The Labute approximate surface area is 147 Å². The van der Waals surface area contributed by atoms with Gasteiger partial charge in [-0.3, -0.25) is 4.79 Å². The van der Waals surface area contributed by atoms with Crippen LogP contribution in [-0.4, -0.2) is 22.9 Å². The molecule has 1 heterocycles. The molecule has 0 saturated carbocycles. The second-order valence-electron chi connectivity index (χ2n) is 5.34. The monoisotopic (exact) mass is 373 g/mol. The van der Waals surface area contributed by atoms with Gasteiger partial charge in [-0.1, -0.05) is 12.1 Å². The number of oxazole rings is 1. The number of hydrogen-bond acceptors (Lipinski definition) is 5. The molecule has 0 aliphatic heterocycles. The number of amides is 1. The summed E-state index contributed by atoms with van der Waals surface area (Å²) in [6.45, 7) is -0.0521. The molecule has 3 N–H and O–H groups in total. The molecule has 5 nitrogen and oxygen atoms in total. The van der Waals surface area contributed by atoms with Crippen molar-refractivity contribution in [1.29, 1.82) is 0 Å². The van der Waals surface area contributed by atoms with Gasteiger partial charge in [0.2, 0.25) is 5.89 Å². The molecule has 0 spiro atoms. The molecule has 2 aromatic rings. The average molecular weight is 373 g/mol. The number of alkyl halides is 3. The molecule has 1 aromatic carbocycles. The highest BCUT2D eigenvalue weighted by atomic mass is 32.2. The van der Waals surface area contributed by atoms with E-state index >= 15 is 0 Å². The van der Waals surface area contributed by atoms with Crippen molar-refractivity contribution in [2.45, 2.75) is 25.2 Å². The van der Waals surface area contributed by atoms with Gasteiger partial charge in [0.05, 0.1) is 11.6 Å². The summed E-state index contributed by atoms with van der Waals surface area (Å²) in [6, 6.07) is 4.36. The van der Waals surface area contributed by atoms with Crippen LogP contribution < -0.4 is 11.1 Å². The molecule has 136 valence electrons. The molecule has 0 fully saturated rings. The third-order valence-electron chi connectivity index (χ3n) is 3.41. The SMILES string of the molecule is CSCCC(N)c1nc(C(=O)NCc2cccc(C(F)(F)F)c2)co1. The van der Waals surface area contributed by atoms with Crippen molar-refractivity contribution in [1.82, 2.24) is 10.3 Å². The van der Waals surface area contributed by atoms with Crippen LogP contribution in [0.15, 0.2) is 34.9 Å². The Morgan fingerprint density at radius 3 is 2.88 bits per heavy atom. The number of nitrogens with zero attached hydrogens (tertiary/aromatic N) is 1. The van der Waals surface area contributed by atoms with Gasteiger partial charge >= 0.3 is 6.18 Å². The Kier molecular flexibility index (Phi) is 6.49. The highest BCUT2D eigenvalue weighted by Crippen LogP contribution is 2.29. The van der Waals surface area contributed by atoms with Crippen molar-refractivity contribution in [2.24, 2.45) is 5.73 Å². The zero-order valence-electron chi connectivity index (χ0n) is 13.5. The van der Waals surface area contributed by atoms with Crippen molar-refractivity contribution >= 4 is 17.7 Å². The minimum Gasteiger partial charge on any atom is -0.446 e. The van der Waals surface area contributed by atoms with Crippen molar-refractivity contribution in [2.75, 3.05) is 12.0 Å². The number of nitrogens with two attached hydrogens (primary N) is 1. The maximum atomic E-state index is 12.7. The van der Waals surface area contributed by atoms with Gasteiger partial charge in [-0.25, -0.2) is 4.98 Å². The van der Waals surface area contributed by atoms with Crippen LogP contribution in [0.2, 0.25) is 0 Å². The van der Waals surface area contributed by atoms with Gasteiger partial charge in [-0.15, -0.1) is 0 Å². The van der Waals surface area contributed by atoms with Crippen LogP contribution in [0, 0.1) is 0 Å². The van der Waals surface area contributed by atoms with Gasteiger partial charge in [0.1, 0.15) is 6.26 Å². The van der Waals surface area contributed by atoms with Crippen molar-refractivity contribution < 1.29 is 22.4 Å². The van der Waals surface area contributed by atoms with Crippen LogP contribution in [0.3, 0.4) is 0 Å². The molecule has 0 aliphatic rings. The molecule has 0 saturated heterocycles. The lowest BCUT2D eigenvalue weighted by atomic mass is 10.1. The first-order chi connectivity index (χ1) is 11.8. The summed E-state index contributed by atoms with van der Waals surface area (Å²) in [7, 11) is 0. The molecular weight excluding hydrogens is 355 g/mol. The Bertz CT molecular complexity index is 719. The van der Waals surface area contributed by atoms with E-state index in [1.54, 1.807) is 11.8 Å². The molecule has 9 heteroatoms. The molecule has 0 radical (unpaired) electrons. The van der Waals surface area contributed by atoms with Gasteiger partial charge < -0.3 is 15.5 Å². The van der Waals surface area contributed by atoms with E-state index in [-0.39, 0.29) is 18.1 Å². The number of rotatable bonds is 7. The summed E-state index contributed by atoms with van der Waals surface area (Å²) in [5, 5.41) is 2.52. The van der Waals surface area contributed by atoms with Gasteiger partial charge in [0.25, 0.3) is 5.91 Å². The van der Waals surface area contributed by atoms with E-state index in [1.165, 1.54) is 18.4 Å². The maximum Gasteiger partial charge on any atom is 0.416 e. The van der Waals surface area contributed by atoms with E-state index in [0.717, 1.165) is 17.9 Å². The largest absolute Gasteiger partial charge is 0.446 e. The zero-order valence-corrected chi connectivity index (χ0v) is 14.3. The smallest absolute Gasteiger partial charge is 0.416 e. The highest BCUT2D eigenvalue weighted by Gasteiger charge is 2.30. The van der Waals surface area contributed by atoms with Gasteiger partial charge in [-0.05, 0) is 36.1 Å². The average Bonchev–Trinajstić information content (AvgIpc) is 3.07. The molecule has 1 unspecified atom stereocenters. The number of nitrogens with one attached hydrogen (secondary N) is 1. The number of thioether (sulfide) groups is 1. The van der Waals surface area contributed by atoms with Crippen molar-refractivity contribution in [3.8, 4) is 0 Å². The fourth-order valence-corrected chi connectivity index (χ4v) is 2.55. The second-order valence-corrected chi connectivity index (χ2v) is 6.33. The molecular formula is C16H18F3N3O2S. The van der Waals surface area contributed by atoms with Crippen molar-refractivity contribution in [3.05, 3.63) is 53.2 Å². The lowest BCUT2D eigenvalue weighted by Crippen LogP contribution is -2.23. The fraction of sp³-hybridized carbons (Fsp3) is 0.375. The number of halogens is 3. The van der Waals surface area contributed by atoms with Crippen LogP contribution in [0.4, 0.5) is 13.2 Å². The predicted molar refractivity (Wildman–Crippen MR) is 89.0 cm³/mol. The number of hydrogen-bond donors (Lipinski definition) is 2. The third-order valence-corrected chi connectivity index (χ3v) is 4.06. The second kappa shape index (κ2) is 8.39. The standard InChI is InChI=1S/C16H18F3N3O2S/c1-25-6-5-12(20)15-22-13(9-24-15)14(23)21-8-10-3-2-4-11(7-10)16(17,18)19/h2-4,7,9,12H,5-6,8,20H2,1H3,(H,21,23). The van der Waals surface area contributed by atoms with Crippen LogP contribution in [0.1, 0.15) is 40.0 Å². The molecule has 1 aromatic heterocycles. The summed E-state index contributed by atoms with van der Waals surface area (Å²) in [5.41, 5.74) is 5.53. The summed E-state index contributed by atoms with van der Waals surface area (Å²) in [4.78, 5) is 16.1. The van der Waals surface area contributed by atoms with Gasteiger partial charge in [0, 0.05) is 6.54 Å². The van der Waals surface area contributed by atoms with Crippen LogP contribution in [0.25, 0.3) is 0 Å². The van der Waals surface area contributed by atoms with E-state index in [0.29, 0.717) is 12.0 Å². The Morgan fingerprint density at radius 1 is 1.44 bits per heavy atom. The topological polar surface area (TPSA) is 81.1 Å². The summed E-state index contributed by atoms with van der Waals surface area (Å²) in [6.07, 6.45) is -0.619. The summed E-state index contributed by atoms with van der Waals surface area (Å²) in [5.74, 6) is 0.559. The summed E-state index contributed by atoms with van der Waals surface area (Å²) >= 11 is 1.64. The minimum atomic E-state index is -4.42. The normalized spacial score (nSPS) is 12.8. The van der Waals surface area contributed by atoms with E-state index in [2.05, 4.69) is 10.3 Å². The lowest BCUT2D eigenvalue weighted by Gasteiger charge is -2.09. The Hall–Kier alpha value is -2.00.